The smallest absolute Gasteiger partial charge is 0.341 e. The minimum atomic E-state index is -0.735. The molecule has 1 heterocycles. The van der Waals surface area contributed by atoms with Crippen LogP contribution < -0.4 is 11.1 Å². The maximum atomic E-state index is 12.4. The summed E-state index contributed by atoms with van der Waals surface area (Å²) in [7, 11) is 1.46. The number of nitrogens with two attached hydrogens (primary N) is 1. The highest BCUT2D eigenvalue weighted by molar-refractivity contribution is 7.99. The van der Waals surface area contributed by atoms with Gasteiger partial charge in [0.25, 0.3) is 11.8 Å². The lowest BCUT2D eigenvalue weighted by Gasteiger charge is -2.08. The van der Waals surface area contributed by atoms with Gasteiger partial charge >= 0.3 is 11.9 Å². The fourth-order valence-corrected chi connectivity index (χ4v) is 4.39. The second-order valence-corrected chi connectivity index (χ2v) is 8.45. The predicted molar refractivity (Wildman–Crippen MR) is 122 cm³/mol. The molecule has 0 saturated carbocycles. The SMILES string of the molecule is COCCOC(=O)c1c(NC(=O)COC(=O)CSCc2ccccc2)sc(C(N)=O)c1C. The van der Waals surface area contributed by atoms with Crippen LogP contribution in [0.4, 0.5) is 5.00 Å². The molecule has 0 radical (unpaired) electrons. The molecule has 0 aliphatic carbocycles. The van der Waals surface area contributed by atoms with Gasteiger partial charge in [-0.15, -0.1) is 23.1 Å². The van der Waals surface area contributed by atoms with Crippen molar-refractivity contribution >= 4 is 51.9 Å². The van der Waals surface area contributed by atoms with E-state index in [1.165, 1.54) is 25.8 Å². The summed E-state index contributed by atoms with van der Waals surface area (Å²) in [6.07, 6.45) is 0. The number of carbonyl (C=O) groups is 4. The second kappa shape index (κ2) is 12.8. The number of ether oxygens (including phenoxy) is 3. The van der Waals surface area contributed by atoms with Gasteiger partial charge in [-0.1, -0.05) is 30.3 Å². The van der Waals surface area contributed by atoms with E-state index in [2.05, 4.69) is 5.32 Å². The lowest BCUT2D eigenvalue weighted by molar-refractivity contribution is -0.144. The van der Waals surface area contributed by atoms with E-state index < -0.39 is 30.4 Å². The first-order valence-electron chi connectivity index (χ1n) is 9.49. The van der Waals surface area contributed by atoms with Crippen molar-refractivity contribution in [2.75, 3.05) is 38.0 Å². The topological polar surface area (TPSA) is 134 Å². The standard InChI is InChI=1S/C21H24N2O7S2/c1-13-17(21(27)29-9-8-28-2)20(32-18(13)19(22)26)23-15(24)10-30-16(25)12-31-11-14-6-4-3-5-7-14/h3-7H,8-12H2,1-2H3,(H2,22,26)(H,23,24). The monoisotopic (exact) mass is 480 g/mol. The Balaban J connectivity index is 1.91. The van der Waals surface area contributed by atoms with E-state index in [4.69, 9.17) is 19.9 Å². The molecule has 0 saturated heterocycles. The minimum Gasteiger partial charge on any atom is -0.460 e. The van der Waals surface area contributed by atoms with Crippen LogP contribution in [0.5, 0.6) is 0 Å². The summed E-state index contributed by atoms with van der Waals surface area (Å²) in [6, 6.07) is 9.64. The van der Waals surface area contributed by atoms with Crippen LogP contribution in [0.25, 0.3) is 0 Å². The maximum absolute atomic E-state index is 12.4. The van der Waals surface area contributed by atoms with Gasteiger partial charge in [-0.3, -0.25) is 14.4 Å². The molecule has 0 aliphatic rings. The highest BCUT2D eigenvalue weighted by atomic mass is 32.2. The number of rotatable bonds is 12. The third-order valence-corrected chi connectivity index (χ3v) is 6.24. The first kappa shape index (κ1) is 25.4. The first-order chi connectivity index (χ1) is 15.3. The van der Waals surface area contributed by atoms with Crippen molar-refractivity contribution in [1.29, 1.82) is 0 Å². The van der Waals surface area contributed by atoms with E-state index in [0.29, 0.717) is 11.3 Å². The Morgan fingerprint density at radius 3 is 2.47 bits per heavy atom. The number of hydrogen-bond donors (Lipinski definition) is 2. The molecule has 2 amide bonds. The van der Waals surface area contributed by atoms with Crippen molar-refractivity contribution < 1.29 is 33.4 Å². The molecule has 0 spiro atoms. The van der Waals surface area contributed by atoms with Crippen LogP contribution >= 0.6 is 23.1 Å². The van der Waals surface area contributed by atoms with E-state index in [0.717, 1.165) is 16.9 Å². The zero-order chi connectivity index (χ0) is 23.5. The molecular formula is C21H24N2O7S2. The maximum Gasteiger partial charge on any atom is 0.341 e. The molecule has 2 rings (SSSR count). The number of nitrogens with one attached hydrogen (secondary N) is 1. The van der Waals surface area contributed by atoms with Gasteiger partial charge in [-0.2, -0.15) is 0 Å². The number of thioether (sulfide) groups is 1. The Hall–Kier alpha value is -2.89. The lowest BCUT2D eigenvalue weighted by Crippen LogP contribution is -2.22. The largest absolute Gasteiger partial charge is 0.460 e. The Morgan fingerprint density at radius 1 is 1.09 bits per heavy atom. The molecule has 32 heavy (non-hydrogen) atoms. The molecule has 0 fully saturated rings. The van der Waals surface area contributed by atoms with Gasteiger partial charge in [0, 0.05) is 12.9 Å². The fourth-order valence-electron chi connectivity index (χ4n) is 2.55. The number of anilines is 1. The summed E-state index contributed by atoms with van der Waals surface area (Å²) in [5.74, 6) is -1.94. The molecule has 0 atom stereocenters. The van der Waals surface area contributed by atoms with E-state index in [-0.39, 0.29) is 34.4 Å². The summed E-state index contributed by atoms with van der Waals surface area (Å²) in [5.41, 5.74) is 6.75. The average Bonchev–Trinajstić information content (AvgIpc) is 3.09. The van der Waals surface area contributed by atoms with Gasteiger partial charge in [0.2, 0.25) is 0 Å². The van der Waals surface area contributed by atoms with Gasteiger partial charge in [-0.05, 0) is 18.1 Å². The zero-order valence-corrected chi connectivity index (χ0v) is 19.3. The van der Waals surface area contributed by atoms with Crippen molar-refractivity contribution in [2.24, 2.45) is 5.73 Å². The van der Waals surface area contributed by atoms with Crippen molar-refractivity contribution in [3.63, 3.8) is 0 Å². The molecule has 0 aliphatic heterocycles. The molecule has 2 aromatic rings. The number of benzene rings is 1. The van der Waals surface area contributed by atoms with Gasteiger partial charge in [0.05, 0.1) is 22.8 Å². The number of methoxy groups -OCH3 is 1. The summed E-state index contributed by atoms with van der Waals surface area (Å²) in [6.45, 7) is 1.19. The van der Waals surface area contributed by atoms with Crippen LogP contribution in [-0.4, -0.2) is 56.4 Å². The van der Waals surface area contributed by atoms with Crippen LogP contribution in [-0.2, 0) is 29.6 Å². The summed E-state index contributed by atoms with van der Waals surface area (Å²) in [5, 5.41) is 2.59. The van der Waals surface area contributed by atoms with Crippen molar-refractivity contribution in [3.05, 3.63) is 51.9 Å². The third kappa shape index (κ3) is 7.66. The van der Waals surface area contributed by atoms with Gasteiger partial charge in [0.1, 0.15) is 11.6 Å². The third-order valence-electron chi connectivity index (χ3n) is 4.04. The number of primary amides is 1. The van der Waals surface area contributed by atoms with E-state index in [1.54, 1.807) is 0 Å². The van der Waals surface area contributed by atoms with Crippen LogP contribution in [0.2, 0.25) is 0 Å². The van der Waals surface area contributed by atoms with E-state index in [9.17, 15) is 19.2 Å². The van der Waals surface area contributed by atoms with Crippen LogP contribution in [0.1, 0.15) is 31.2 Å². The molecule has 9 nitrogen and oxygen atoms in total. The predicted octanol–water partition coefficient (Wildman–Crippen LogP) is 2.37. The van der Waals surface area contributed by atoms with Gasteiger partial charge in [-0.25, -0.2) is 4.79 Å². The Kier molecular flexibility index (Phi) is 10.2. The second-order valence-electron chi connectivity index (χ2n) is 6.44. The number of hydrogen-bond acceptors (Lipinski definition) is 9. The zero-order valence-electron chi connectivity index (χ0n) is 17.7. The summed E-state index contributed by atoms with van der Waals surface area (Å²) < 4.78 is 14.9. The highest BCUT2D eigenvalue weighted by Gasteiger charge is 2.26. The average molecular weight is 481 g/mol. The summed E-state index contributed by atoms with van der Waals surface area (Å²) in [4.78, 5) is 48.3. The quantitative estimate of drug-likeness (QED) is 0.349. The molecule has 3 N–H and O–H groups in total. The van der Waals surface area contributed by atoms with Crippen molar-refractivity contribution in [1.82, 2.24) is 0 Å². The Morgan fingerprint density at radius 2 is 1.81 bits per heavy atom. The highest BCUT2D eigenvalue weighted by Crippen LogP contribution is 2.33. The number of carbonyl (C=O) groups excluding carboxylic acids is 4. The first-order valence-corrected chi connectivity index (χ1v) is 11.5. The van der Waals surface area contributed by atoms with Crippen molar-refractivity contribution in [3.8, 4) is 0 Å². The van der Waals surface area contributed by atoms with Gasteiger partial charge in [0.15, 0.2) is 6.61 Å². The summed E-state index contributed by atoms with van der Waals surface area (Å²) >= 11 is 2.22. The van der Waals surface area contributed by atoms with E-state index in [1.807, 2.05) is 30.3 Å². The molecule has 172 valence electrons. The Labute approximate surface area is 193 Å². The normalized spacial score (nSPS) is 10.4. The fraction of sp³-hybridized carbons (Fsp3) is 0.333. The molecule has 0 unspecified atom stereocenters. The number of esters is 2. The minimum absolute atomic E-state index is 0.00215. The van der Waals surface area contributed by atoms with Crippen LogP contribution in [0.3, 0.4) is 0 Å². The number of thiophene rings is 1. The molecule has 11 heteroatoms. The molecule has 1 aromatic heterocycles. The van der Waals surface area contributed by atoms with Crippen LogP contribution in [0.15, 0.2) is 30.3 Å². The Bertz CT molecular complexity index is 961. The molecule has 1 aromatic carbocycles. The van der Waals surface area contributed by atoms with E-state index >= 15 is 0 Å². The number of amides is 2. The molecule has 0 bridgehead atoms. The molecular weight excluding hydrogens is 456 g/mol. The van der Waals surface area contributed by atoms with Crippen molar-refractivity contribution in [2.45, 2.75) is 12.7 Å². The van der Waals surface area contributed by atoms with Crippen LogP contribution in [0, 0.1) is 6.92 Å². The lowest BCUT2D eigenvalue weighted by atomic mass is 10.1. The van der Waals surface area contributed by atoms with Gasteiger partial charge < -0.3 is 25.3 Å².